The zero-order chi connectivity index (χ0) is 18.9. The van der Waals surface area contributed by atoms with Gasteiger partial charge in [0.1, 0.15) is 0 Å². The molecular formula is C18H31IN4O3. The van der Waals surface area contributed by atoms with Gasteiger partial charge in [-0.1, -0.05) is 6.07 Å². The van der Waals surface area contributed by atoms with E-state index in [4.69, 9.17) is 15.2 Å². The number of carbonyl (C=O) groups excluding carboxylic acids is 1. The lowest BCUT2D eigenvalue weighted by Crippen LogP contribution is -2.40. The third-order valence-electron chi connectivity index (χ3n) is 3.80. The molecule has 0 heterocycles. The van der Waals surface area contributed by atoms with E-state index in [1.807, 2.05) is 25.1 Å². The van der Waals surface area contributed by atoms with Gasteiger partial charge in [-0.05, 0) is 44.9 Å². The molecule has 1 rings (SSSR count). The number of benzene rings is 1. The van der Waals surface area contributed by atoms with Crippen LogP contribution in [-0.4, -0.2) is 45.7 Å². The molecule has 0 atom stereocenters. The Labute approximate surface area is 173 Å². The second-order valence-electron chi connectivity index (χ2n) is 6.31. The zero-order valence-corrected chi connectivity index (χ0v) is 18.5. The Morgan fingerprint density at radius 3 is 2.38 bits per heavy atom. The number of methoxy groups -OCH3 is 2. The molecule has 26 heavy (non-hydrogen) atoms. The Morgan fingerprint density at radius 1 is 1.19 bits per heavy atom. The predicted molar refractivity (Wildman–Crippen MR) is 116 cm³/mol. The molecule has 0 bridgehead atoms. The molecule has 0 spiro atoms. The fourth-order valence-electron chi connectivity index (χ4n) is 2.06. The number of hydrogen-bond donors (Lipinski definition) is 3. The summed E-state index contributed by atoms with van der Waals surface area (Å²) in [6.45, 7) is 7.31. The van der Waals surface area contributed by atoms with Crippen LogP contribution in [0.4, 0.5) is 0 Å². The van der Waals surface area contributed by atoms with Crippen molar-refractivity contribution in [2.75, 3.05) is 33.9 Å². The van der Waals surface area contributed by atoms with Crippen molar-refractivity contribution in [2.45, 2.75) is 27.2 Å². The summed E-state index contributed by atoms with van der Waals surface area (Å²) in [5.74, 6) is 1.72. The molecule has 0 aliphatic carbocycles. The number of nitrogens with one attached hydrogen (secondary N) is 2. The van der Waals surface area contributed by atoms with E-state index in [0.717, 1.165) is 18.5 Å². The molecule has 8 heteroatoms. The number of rotatable bonds is 9. The van der Waals surface area contributed by atoms with Gasteiger partial charge in [-0.25, -0.2) is 0 Å². The number of nitrogens with zero attached hydrogens (tertiary/aromatic N) is 1. The number of aliphatic imine (C=N–C) groups is 1. The van der Waals surface area contributed by atoms with Crippen molar-refractivity contribution in [2.24, 2.45) is 16.1 Å². The highest BCUT2D eigenvalue weighted by molar-refractivity contribution is 14.0. The Kier molecular flexibility index (Phi) is 11.0. The molecule has 1 aromatic rings. The first-order chi connectivity index (χ1) is 11.8. The maximum atomic E-state index is 11.4. The summed E-state index contributed by atoms with van der Waals surface area (Å²) in [5.41, 5.74) is 5.84. The van der Waals surface area contributed by atoms with Gasteiger partial charge in [0.05, 0.1) is 26.2 Å². The van der Waals surface area contributed by atoms with Crippen LogP contribution in [0.15, 0.2) is 23.2 Å². The molecular weight excluding hydrogens is 447 g/mol. The number of nitrogens with two attached hydrogens (primary N) is 1. The zero-order valence-electron chi connectivity index (χ0n) is 16.2. The smallest absolute Gasteiger partial charge is 0.224 e. The summed E-state index contributed by atoms with van der Waals surface area (Å²) in [5, 5.41) is 6.42. The van der Waals surface area contributed by atoms with Crippen molar-refractivity contribution in [3.05, 3.63) is 23.8 Å². The molecule has 0 aliphatic heterocycles. The minimum absolute atomic E-state index is 0. The van der Waals surface area contributed by atoms with Crippen molar-refractivity contribution in [3.63, 3.8) is 0 Å². The van der Waals surface area contributed by atoms with Gasteiger partial charge in [-0.3, -0.25) is 9.79 Å². The van der Waals surface area contributed by atoms with Gasteiger partial charge in [0.25, 0.3) is 0 Å². The van der Waals surface area contributed by atoms with E-state index >= 15 is 0 Å². The van der Waals surface area contributed by atoms with E-state index in [1.165, 1.54) is 0 Å². The van der Waals surface area contributed by atoms with Crippen molar-refractivity contribution in [1.29, 1.82) is 0 Å². The van der Waals surface area contributed by atoms with Crippen LogP contribution in [0.5, 0.6) is 11.5 Å². The van der Waals surface area contributed by atoms with Crippen molar-refractivity contribution >= 4 is 35.8 Å². The van der Waals surface area contributed by atoms with Gasteiger partial charge in [-0.2, -0.15) is 0 Å². The number of carbonyl (C=O) groups is 1. The molecule has 0 aromatic heterocycles. The molecule has 1 aromatic carbocycles. The van der Waals surface area contributed by atoms with Crippen LogP contribution in [0.3, 0.4) is 0 Å². The van der Waals surface area contributed by atoms with Gasteiger partial charge >= 0.3 is 0 Å². The first kappa shape index (κ1) is 24.3. The number of ether oxygens (including phenoxy) is 2. The van der Waals surface area contributed by atoms with Gasteiger partial charge < -0.3 is 25.8 Å². The molecule has 0 aliphatic rings. The molecule has 0 fully saturated rings. The van der Waals surface area contributed by atoms with Crippen LogP contribution in [0, 0.1) is 5.41 Å². The third kappa shape index (κ3) is 7.67. The third-order valence-corrected chi connectivity index (χ3v) is 3.80. The number of halogens is 1. The van der Waals surface area contributed by atoms with E-state index < -0.39 is 5.41 Å². The summed E-state index contributed by atoms with van der Waals surface area (Å²) in [6, 6.07) is 5.85. The Hall–Kier alpha value is -1.71. The van der Waals surface area contributed by atoms with Crippen LogP contribution in [0.2, 0.25) is 0 Å². The van der Waals surface area contributed by atoms with E-state index in [9.17, 15) is 4.79 Å². The lowest BCUT2D eigenvalue weighted by Gasteiger charge is -2.19. The maximum absolute atomic E-state index is 11.4. The largest absolute Gasteiger partial charge is 0.493 e. The average Bonchev–Trinajstić information content (AvgIpc) is 2.59. The molecule has 0 saturated heterocycles. The quantitative estimate of drug-likeness (QED) is 0.286. The van der Waals surface area contributed by atoms with Crippen LogP contribution >= 0.6 is 24.0 Å². The molecule has 7 nitrogen and oxygen atoms in total. The minimum atomic E-state index is -0.675. The van der Waals surface area contributed by atoms with E-state index in [1.54, 1.807) is 28.1 Å². The first-order valence-electron chi connectivity index (χ1n) is 8.37. The standard InChI is InChI=1S/C18H30N4O3.HI/c1-6-20-17(22-12-18(2,3)16(19)23)21-10-9-13-7-8-14(24-4)15(11-13)25-5;/h7-8,11H,6,9-10,12H2,1-5H3,(H2,19,23)(H2,20,21,22);1H. The van der Waals surface area contributed by atoms with Crippen LogP contribution in [0.25, 0.3) is 0 Å². The fraction of sp³-hybridized carbons (Fsp3) is 0.556. The highest BCUT2D eigenvalue weighted by Crippen LogP contribution is 2.27. The van der Waals surface area contributed by atoms with Crippen molar-refractivity contribution in [3.8, 4) is 11.5 Å². The maximum Gasteiger partial charge on any atom is 0.224 e. The van der Waals surface area contributed by atoms with Gasteiger partial charge in [0, 0.05) is 13.1 Å². The molecule has 0 saturated carbocycles. The predicted octanol–water partition coefficient (Wildman–Crippen LogP) is 1.93. The average molecular weight is 478 g/mol. The lowest BCUT2D eigenvalue weighted by molar-refractivity contribution is -0.125. The Morgan fingerprint density at radius 2 is 1.85 bits per heavy atom. The molecule has 0 unspecified atom stereocenters. The monoisotopic (exact) mass is 478 g/mol. The van der Waals surface area contributed by atoms with E-state index in [-0.39, 0.29) is 29.9 Å². The topological polar surface area (TPSA) is 98.0 Å². The lowest BCUT2D eigenvalue weighted by atomic mass is 9.93. The number of amides is 1. The van der Waals surface area contributed by atoms with Crippen LogP contribution in [0.1, 0.15) is 26.3 Å². The SMILES string of the molecule is CCNC(=NCC(C)(C)C(N)=O)NCCc1ccc(OC)c(OC)c1.I. The first-order valence-corrected chi connectivity index (χ1v) is 8.37. The highest BCUT2D eigenvalue weighted by atomic mass is 127. The molecule has 1 amide bonds. The van der Waals surface area contributed by atoms with E-state index in [2.05, 4.69) is 15.6 Å². The second kappa shape index (κ2) is 11.8. The number of primary amides is 1. The molecule has 148 valence electrons. The Balaban J connectivity index is 0.00000625. The minimum Gasteiger partial charge on any atom is -0.493 e. The van der Waals surface area contributed by atoms with Gasteiger partial charge in [-0.15, -0.1) is 24.0 Å². The summed E-state index contributed by atoms with van der Waals surface area (Å²) in [4.78, 5) is 15.8. The van der Waals surface area contributed by atoms with Gasteiger partial charge in [0.2, 0.25) is 5.91 Å². The second-order valence-corrected chi connectivity index (χ2v) is 6.31. The number of hydrogen-bond acceptors (Lipinski definition) is 4. The molecule has 0 radical (unpaired) electrons. The summed E-state index contributed by atoms with van der Waals surface area (Å²) >= 11 is 0. The number of guanidine groups is 1. The summed E-state index contributed by atoms with van der Waals surface area (Å²) in [6.07, 6.45) is 0.796. The van der Waals surface area contributed by atoms with Gasteiger partial charge in [0.15, 0.2) is 17.5 Å². The highest BCUT2D eigenvalue weighted by Gasteiger charge is 2.24. The Bertz CT molecular complexity index is 606. The molecule has 4 N–H and O–H groups in total. The van der Waals surface area contributed by atoms with Crippen LogP contribution in [-0.2, 0) is 11.2 Å². The normalized spacial score (nSPS) is 11.3. The summed E-state index contributed by atoms with van der Waals surface area (Å²) < 4.78 is 10.6. The van der Waals surface area contributed by atoms with E-state index in [0.29, 0.717) is 30.5 Å². The van der Waals surface area contributed by atoms with Crippen molar-refractivity contribution < 1.29 is 14.3 Å². The van der Waals surface area contributed by atoms with Crippen molar-refractivity contribution in [1.82, 2.24) is 10.6 Å². The van der Waals surface area contributed by atoms with Crippen LogP contribution < -0.4 is 25.8 Å². The fourth-order valence-corrected chi connectivity index (χ4v) is 2.06. The summed E-state index contributed by atoms with van der Waals surface area (Å²) in [7, 11) is 3.24.